The van der Waals surface area contributed by atoms with E-state index in [2.05, 4.69) is 10.5 Å². The lowest BCUT2D eigenvalue weighted by molar-refractivity contribution is -0.123. The van der Waals surface area contributed by atoms with Gasteiger partial charge in [0.05, 0.1) is 26.0 Å². The minimum Gasteiger partial charge on any atom is -0.494 e. The molecule has 0 aromatic heterocycles. The molecule has 0 aliphatic rings. The number of rotatable bonds is 10. The van der Waals surface area contributed by atoms with Crippen molar-refractivity contribution in [3.8, 4) is 23.0 Å². The van der Waals surface area contributed by atoms with Crippen molar-refractivity contribution in [2.75, 3.05) is 20.3 Å². The highest BCUT2D eigenvalue weighted by atomic mass is 16.5. The van der Waals surface area contributed by atoms with Gasteiger partial charge < -0.3 is 18.9 Å². The molecule has 0 aliphatic heterocycles. The highest BCUT2D eigenvalue weighted by Crippen LogP contribution is 2.28. The van der Waals surface area contributed by atoms with Gasteiger partial charge in [-0.2, -0.15) is 5.10 Å². The zero-order valence-electron chi connectivity index (χ0n) is 16.6. The lowest BCUT2D eigenvalue weighted by atomic mass is 10.2. The Morgan fingerprint density at radius 1 is 1.07 bits per heavy atom. The third-order valence-electron chi connectivity index (χ3n) is 3.46. The summed E-state index contributed by atoms with van der Waals surface area (Å²) in [5.41, 5.74) is 3.19. The Hall–Kier alpha value is -3.22. The van der Waals surface area contributed by atoms with Crippen LogP contribution in [0.25, 0.3) is 0 Å². The summed E-state index contributed by atoms with van der Waals surface area (Å²) in [6, 6.07) is 12.5. The normalized spacial score (nSPS) is 10.8. The van der Waals surface area contributed by atoms with Crippen molar-refractivity contribution in [2.24, 2.45) is 5.10 Å². The van der Waals surface area contributed by atoms with Gasteiger partial charge in [-0.15, -0.1) is 0 Å². The van der Waals surface area contributed by atoms with Crippen LogP contribution >= 0.6 is 0 Å². The number of carbonyl (C=O) groups excluding carboxylic acids is 1. The van der Waals surface area contributed by atoms with Crippen LogP contribution in [-0.2, 0) is 4.79 Å². The van der Waals surface area contributed by atoms with Crippen LogP contribution in [0.4, 0.5) is 0 Å². The lowest BCUT2D eigenvalue weighted by Gasteiger charge is -2.13. The molecule has 28 heavy (non-hydrogen) atoms. The Kier molecular flexibility index (Phi) is 8.14. The second-order valence-electron chi connectivity index (χ2n) is 6.06. The van der Waals surface area contributed by atoms with Gasteiger partial charge in [0.2, 0.25) is 0 Å². The van der Waals surface area contributed by atoms with Crippen molar-refractivity contribution in [1.82, 2.24) is 5.43 Å². The van der Waals surface area contributed by atoms with Crippen molar-refractivity contribution in [3.05, 3.63) is 48.0 Å². The summed E-state index contributed by atoms with van der Waals surface area (Å²) < 4.78 is 21.8. The Labute approximate surface area is 165 Å². The number of amides is 1. The van der Waals surface area contributed by atoms with E-state index in [0.29, 0.717) is 23.9 Å². The Morgan fingerprint density at radius 3 is 2.36 bits per heavy atom. The monoisotopic (exact) mass is 386 g/mol. The average molecular weight is 386 g/mol. The van der Waals surface area contributed by atoms with E-state index in [0.717, 1.165) is 11.3 Å². The molecule has 7 nitrogen and oxygen atoms in total. The van der Waals surface area contributed by atoms with Crippen LogP contribution in [0.2, 0.25) is 0 Å². The molecule has 0 spiro atoms. The molecule has 0 fully saturated rings. The molecule has 1 amide bonds. The summed E-state index contributed by atoms with van der Waals surface area (Å²) >= 11 is 0. The average Bonchev–Trinajstić information content (AvgIpc) is 2.68. The van der Waals surface area contributed by atoms with Crippen LogP contribution in [0.5, 0.6) is 23.0 Å². The highest BCUT2D eigenvalue weighted by Gasteiger charge is 2.07. The zero-order chi connectivity index (χ0) is 20.4. The fourth-order valence-corrected chi connectivity index (χ4v) is 2.27. The molecular formula is C21H26N2O5. The molecule has 0 saturated heterocycles. The fourth-order valence-electron chi connectivity index (χ4n) is 2.27. The first-order chi connectivity index (χ1) is 13.5. The van der Waals surface area contributed by atoms with Gasteiger partial charge in [-0.25, -0.2) is 5.43 Å². The molecule has 7 heteroatoms. The summed E-state index contributed by atoms with van der Waals surface area (Å²) in [6.07, 6.45) is 1.57. The molecule has 0 bridgehead atoms. The third kappa shape index (κ3) is 6.83. The predicted molar refractivity (Wildman–Crippen MR) is 108 cm³/mol. The molecule has 0 atom stereocenters. The van der Waals surface area contributed by atoms with Crippen LogP contribution in [-0.4, -0.2) is 38.5 Å². The molecule has 2 rings (SSSR count). The van der Waals surface area contributed by atoms with Gasteiger partial charge >= 0.3 is 0 Å². The molecule has 2 aromatic rings. The van der Waals surface area contributed by atoms with E-state index in [9.17, 15) is 4.79 Å². The maximum Gasteiger partial charge on any atom is 0.277 e. The minimum absolute atomic E-state index is 0.0445. The van der Waals surface area contributed by atoms with E-state index in [-0.39, 0.29) is 18.6 Å². The number of nitrogens with zero attached hydrogens (tertiary/aromatic N) is 1. The first-order valence-corrected chi connectivity index (χ1v) is 9.04. The topological polar surface area (TPSA) is 78.4 Å². The van der Waals surface area contributed by atoms with E-state index in [1.165, 1.54) is 6.21 Å². The van der Waals surface area contributed by atoms with Gasteiger partial charge in [-0.3, -0.25) is 4.79 Å². The van der Waals surface area contributed by atoms with Gasteiger partial charge in [0.15, 0.2) is 18.1 Å². The SMILES string of the molecule is CCOc1ccc(OCC(=O)N/N=C/c2ccc(OC(C)C)c(OC)c2)cc1. The molecule has 2 aromatic carbocycles. The van der Waals surface area contributed by atoms with Gasteiger partial charge in [-0.05, 0) is 68.8 Å². The third-order valence-corrected chi connectivity index (χ3v) is 3.46. The first-order valence-electron chi connectivity index (χ1n) is 9.04. The van der Waals surface area contributed by atoms with E-state index >= 15 is 0 Å². The highest BCUT2D eigenvalue weighted by molar-refractivity contribution is 5.83. The molecule has 0 aliphatic carbocycles. The zero-order valence-corrected chi connectivity index (χ0v) is 16.6. The van der Waals surface area contributed by atoms with Gasteiger partial charge in [-0.1, -0.05) is 0 Å². The molecule has 0 radical (unpaired) electrons. The quantitative estimate of drug-likeness (QED) is 0.500. The van der Waals surface area contributed by atoms with Crippen molar-refractivity contribution in [1.29, 1.82) is 0 Å². The largest absolute Gasteiger partial charge is 0.494 e. The van der Waals surface area contributed by atoms with Crippen molar-refractivity contribution in [3.63, 3.8) is 0 Å². The van der Waals surface area contributed by atoms with Crippen molar-refractivity contribution < 1.29 is 23.7 Å². The second-order valence-corrected chi connectivity index (χ2v) is 6.06. The van der Waals surface area contributed by atoms with Crippen LogP contribution in [0.15, 0.2) is 47.6 Å². The van der Waals surface area contributed by atoms with Crippen LogP contribution in [0.3, 0.4) is 0 Å². The van der Waals surface area contributed by atoms with Crippen molar-refractivity contribution >= 4 is 12.1 Å². The number of ether oxygens (including phenoxy) is 4. The molecule has 0 heterocycles. The molecular weight excluding hydrogens is 360 g/mol. The van der Waals surface area contributed by atoms with Gasteiger partial charge in [0, 0.05) is 0 Å². The Morgan fingerprint density at radius 2 is 1.75 bits per heavy atom. The number of hydrogen-bond donors (Lipinski definition) is 1. The van der Waals surface area contributed by atoms with Crippen LogP contribution < -0.4 is 24.4 Å². The summed E-state index contributed by atoms with van der Waals surface area (Å²) in [5.74, 6) is 2.22. The second kappa shape index (κ2) is 10.8. The predicted octanol–water partition coefficient (Wildman–Crippen LogP) is 3.41. The molecule has 0 saturated carbocycles. The minimum atomic E-state index is -0.364. The summed E-state index contributed by atoms with van der Waals surface area (Å²) in [4.78, 5) is 11.9. The van der Waals surface area contributed by atoms with E-state index in [4.69, 9.17) is 18.9 Å². The molecule has 150 valence electrons. The summed E-state index contributed by atoms with van der Waals surface area (Å²) in [5, 5.41) is 3.94. The Bertz CT molecular complexity index is 788. The van der Waals surface area contributed by atoms with E-state index in [1.807, 2.05) is 26.8 Å². The maximum atomic E-state index is 11.9. The number of benzene rings is 2. The van der Waals surface area contributed by atoms with Gasteiger partial charge in [0.1, 0.15) is 11.5 Å². The first kappa shape index (κ1) is 21.1. The molecule has 0 unspecified atom stereocenters. The standard InChI is InChI=1S/C21H26N2O5/c1-5-26-17-7-9-18(10-8-17)27-14-21(24)23-22-13-16-6-11-19(28-15(2)3)20(12-16)25-4/h6-13,15H,5,14H2,1-4H3,(H,23,24)/b22-13+. The fraction of sp³-hybridized carbons (Fsp3) is 0.333. The summed E-state index contributed by atoms with van der Waals surface area (Å²) in [7, 11) is 1.57. The van der Waals surface area contributed by atoms with E-state index in [1.54, 1.807) is 43.5 Å². The smallest absolute Gasteiger partial charge is 0.277 e. The maximum absolute atomic E-state index is 11.9. The van der Waals surface area contributed by atoms with Crippen molar-refractivity contribution in [2.45, 2.75) is 26.9 Å². The lowest BCUT2D eigenvalue weighted by Crippen LogP contribution is -2.24. The van der Waals surface area contributed by atoms with E-state index < -0.39 is 0 Å². The number of carbonyl (C=O) groups is 1. The molecule has 1 N–H and O–H groups in total. The number of nitrogens with one attached hydrogen (secondary N) is 1. The number of hydrogen-bond acceptors (Lipinski definition) is 6. The number of hydrazone groups is 1. The number of methoxy groups -OCH3 is 1. The van der Waals surface area contributed by atoms with Crippen LogP contribution in [0.1, 0.15) is 26.3 Å². The van der Waals surface area contributed by atoms with Crippen LogP contribution in [0, 0.1) is 0 Å². The Balaban J connectivity index is 1.83. The van der Waals surface area contributed by atoms with Gasteiger partial charge in [0.25, 0.3) is 5.91 Å². The summed E-state index contributed by atoms with van der Waals surface area (Å²) in [6.45, 7) is 6.26.